The molecule has 1 saturated carbocycles. The number of aliphatic hydroxyl groups is 1. The van der Waals surface area contributed by atoms with Gasteiger partial charge in [-0.3, -0.25) is 0 Å². The van der Waals surface area contributed by atoms with Crippen molar-refractivity contribution in [2.24, 2.45) is 5.92 Å². The molecule has 1 heterocycles. The third-order valence-corrected chi connectivity index (χ3v) is 2.37. The molecule has 0 amide bonds. The monoisotopic (exact) mass is 128 g/mol. The highest BCUT2D eigenvalue weighted by atomic mass is 16.6. The van der Waals surface area contributed by atoms with Gasteiger partial charge in [-0.1, -0.05) is 0 Å². The molecule has 0 aromatic rings. The van der Waals surface area contributed by atoms with Crippen LogP contribution in [0, 0.1) is 5.92 Å². The van der Waals surface area contributed by atoms with Crippen LogP contribution in [-0.2, 0) is 4.74 Å². The minimum Gasteiger partial charge on any atom is -0.396 e. The zero-order valence-corrected chi connectivity index (χ0v) is 5.42. The van der Waals surface area contributed by atoms with E-state index in [0.29, 0.717) is 24.7 Å². The highest BCUT2D eigenvalue weighted by Crippen LogP contribution is 2.38. The van der Waals surface area contributed by atoms with Crippen LogP contribution in [0.1, 0.15) is 19.3 Å². The highest BCUT2D eigenvalue weighted by Gasteiger charge is 2.43. The molecule has 52 valence electrons. The molecule has 3 atom stereocenters. The van der Waals surface area contributed by atoms with Crippen molar-refractivity contribution in [2.45, 2.75) is 31.5 Å². The van der Waals surface area contributed by atoms with E-state index >= 15 is 0 Å². The van der Waals surface area contributed by atoms with Crippen molar-refractivity contribution in [1.82, 2.24) is 0 Å². The zero-order chi connectivity index (χ0) is 6.27. The van der Waals surface area contributed by atoms with Gasteiger partial charge in [0.1, 0.15) is 0 Å². The normalized spacial score (nSPS) is 48.3. The molecular formula is C7H12O2. The van der Waals surface area contributed by atoms with E-state index in [9.17, 15) is 0 Å². The van der Waals surface area contributed by atoms with E-state index in [0.717, 1.165) is 12.8 Å². The van der Waals surface area contributed by atoms with Crippen LogP contribution < -0.4 is 0 Å². The highest BCUT2D eigenvalue weighted by molar-refractivity contribution is 4.91. The van der Waals surface area contributed by atoms with Crippen LogP contribution in [0.4, 0.5) is 0 Å². The molecule has 2 nitrogen and oxygen atoms in total. The summed E-state index contributed by atoms with van der Waals surface area (Å²) in [5.74, 6) is 0.536. The average Bonchev–Trinajstić information content (AvgIpc) is 2.64. The number of epoxide rings is 1. The van der Waals surface area contributed by atoms with Crippen LogP contribution in [0.2, 0.25) is 0 Å². The summed E-state index contributed by atoms with van der Waals surface area (Å²) in [7, 11) is 0. The van der Waals surface area contributed by atoms with Crippen molar-refractivity contribution in [3.05, 3.63) is 0 Å². The first-order chi connectivity index (χ1) is 4.40. The first-order valence-electron chi connectivity index (χ1n) is 3.66. The van der Waals surface area contributed by atoms with E-state index in [4.69, 9.17) is 9.84 Å². The number of aliphatic hydroxyl groups excluding tert-OH is 1. The van der Waals surface area contributed by atoms with Crippen LogP contribution in [0.15, 0.2) is 0 Å². The Morgan fingerprint density at radius 3 is 2.89 bits per heavy atom. The second-order valence-electron chi connectivity index (χ2n) is 3.07. The first-order valence-corrected chi connectivity index (χ1v) is 3.66. The van der Waals surface area contributed by atoms with Gasteiger partial charge in [-0.25, -0.2) is 0 Å². The summed E-state index contributed by atoms with van der Waals surface area (Å²) in [4.78, 5) is 0. The minimum atomic E-state index is 0.354. The third kappa shape index (κ3) is 0.970. The Labute approximate surface area is 54.8 Å². The Morgan fingerprint density at radius 1 is 1.33 bits per heavy atom. The molecule has 0 aromatic heterocycles. The molecule has 1 aliphatic heterocycles. The second kappa shape index (κ2) is 1.96. The van der Waals surface area contributed by atoms with Crippen molar-refractivity contribution in [1.29, 1.82) is 0 Å². The van der Waals surface area contributed by atoms with Crippen LogP contribution in [-0.4, -0.2) is 23.9 Å². The quantitative estimate of drug-likeness (QED) is 0.523. The van der Waals surface area contributed by atoms with Gasteiger partial charge in [0.2, 0.25) is 0 Å². The van der Waals surface area contributed by atoms with E-state index in [1.54, 1.807) is 0 Å². The maximum atomic E-state index is 8.77. The molecule has 0 unspecified atom stereocenters. The van der Waals surface area contributed by atoms with Gasteiger partial charge in [0.15, 0.2) is 0 Å². The topological polar surface area (TPSA) is 32.8 Å². The molecule has 0 spiro atoms. The molecule has 1 aliphatic carbocycles. The molecule has 2 heteroatoms. The summed E-state index contributed by atoms with van der Waals surface area (Å²) >= 11 is 0. The lowest BCUT2D eigenvalue weighted by atomic mass is 9.90. The van der Waals surface area contributed by atoms with Gasteiger partial charge in [0, 0.05) is 6.61 Å². The molecule has 9 heavy (non-hydrogen) atoms. The summed E-state index contributed by atoms with van der Waals surface area (Å²) in [6, 6.07) is 0. The molecule has 1 N–H and O–H groups in total. The number of hydrogen-bond acceptors (Lipinski definition) is 2. The van der Waals surface area contributed by atoms with Gasteiger partial charge in [0.05, 0.1) is 12.2 Å². The summed E-state index contributed by atoms with van der Waals surface area (Å²) in [6.45, 7) is 0.354. The number of fused-ring (bicyclic) bond motifs is 1. The fourth-order valence-electron chi connectivity index (χ4n) is 1.65. The van der Waals surface area contributed by atoms with Crippen LogP contribution in [0.25, 0.3) is 0 Å². The minimum absolute atomic E-state index is 0.354. The Morgan fingerprint density at radius 2 is 2.22 bits per heavy atom. The fraction of sp³-hybridized carbons (Fsp3) is 1.00. The first kappa shape index (κ1) is 5.69. The van der Waals surface area contributed by atoms with Crippen LogP contribution in [0.3, 0.4) is 0 Å². The zero-order valence-electron chi connectivity index (χ0n) is 5.42. The van der Waals surface area contributed by atoms with E-state index in [1.165, 1.54) is 6.42 Å². The van der Waals surface area contributed by atoms with Gasteiger partial charge < -0.3 is 9.84 Å². The largest absolute Gasteiger partial charge is 0.396 e. The standard InChI is InChI=1S/C7H12O2/c8-4-5-1-2-6-7(3-5)9-6/h5-8H,1-4H2/t5-,6+,7-/m0/s1. The van der Waals surface area contributed by atoms with Crippen LogP contribution >= 0.6 is 0 Å². The number of ether oxygens (including phenoxy) is 1. The summed E-state index contributed by atoms with van der Waals surface area (Å²) in [5.41, 5.74) is 0. The van der Waals surface area contributed by atoms with Crippen molar-refractivity contribution < 1.29 is 9.84 Å². The van der Waals surface area contributed by atoms with Crippen molar-refractivity contribution >= 4 is 0 Å². The average molecular weight is 128 g/mol. The molecule has 2 rings (SSSR count). The van der Waals surface area contributed by atoms with Gasteiger partial charge in [-0.2, -0.15) is 0 Å². The van der Waals surface area contributed by atoms with E-state index in [2.05, 4.69) is 0 Å². The van der Waals surface area contributed by atoms with Crippen molar-refractivity contribution in [3.63, 3.8) is 0 Å². The van der Waals surface area contributed by atoms with Crippen molar-refractivity contribution in [3.8, 4) is 0 Å². The van der Waals surface area contributed by atoms with Gasteiger partial charge in [-0.05, 0) is 25.2 Å². The number of hydrogen-bond donors (Lipinski definition) is 1. The molecule has 0 bridgehead atoms. The second-order valence-corrected chi connectivity index (χ2v) is 3.07. The summed E-state index contributed by atoms with van der Waals surface area (Å²) in [6.07, 6.45) is 4.54. The molecule has 1 saturated heterocycles. The lowest BCUT2D eigenvalue weighted by Gasteiger charge is -2.14. The van der Waals surface area contributed by atoms with E-state index in [-0.39, 0.29) is 0 Å². The SMILES string of the molecule is OC[C@H]1CC[C@H]2O[C@H]2C1. The molecular weight excluding hydrogens is 116 g/mol. The van der Waals surface area contributed by atoms with Gasteiger partial charge in [0.25, 0.3) is 0 Å². The van der Waals surface area contributed by atoms with Crippen LogP contribution in [0.5, 0.6) is 0 Å². The fourth-order valence-corrected chi connectivity index (χ4v) is 1.65. The van der Waals surface area contributed by atoms with Gasteiger partial charge >= 0.3 is 0 Å². The lowest BCUT2D eigenvalue weighted by Crippen LogP contribution is -2.16. The summed E-state index contributed by atoms with van der Waals surface area (Å²) in [5, 5.41) is 8.77. The maximum absolute atomic E-state index is 8.77. The lowest BCUT2D eigenvalue weighted by molar-refractivity contribution is 0.197. The Bertz CT molecular complexity index is 113. The molecule has 0 radical (unpaired) electrons. The predicted molar refractivity (Wildman–Crippen MR) is 33.1 cm³/mol. The van der Waals surface area contributed by atoms with E-state index < -0.39 is 0 Å². The molecule has 0 aromatic carbocycles. The maximum Gasteiger partial charge on any atom is 0.0845 e. The Hall–Kier alpha value is -0.0800. The predicted octanol–water partition coefficient (Wildman–Crippen LogP) is 0.546. The third-order valence-electron chi connectivity index (χ3n) is 2.37. The molecule has 2 aliphatic rings. The van der Waals surface area contributed by atoms with E-state index in [1.807, 2.05) is 0 Å². The molecule has 2 fully saturated rings. The van der Waals surface area contributed by atoms with Crippen molar-refractivity contribution in [2.75, 3.05) is 6.61 Å². The smallest absolute Gasteiger partial charge is 0.0845 e. The van der Waals surface area contributed by atoms with Gasteiger partial charge in [-0.15, -0.1) is 0 Å². The Balaban J connectivity index is 1.86. The number of rotatable bonds is 1. The Kier molecular flexibility index (Phi) is 1.24. The summed E-state index contributed by atoms with van der Waals surface area (Å²) < 4.78 is 5.30.